The van der Waals surface area contributed by atoms with Crippen molar-refractivity contribution in [3.63, 3.8) is 0 Å². The molecule has 0 unspecified atom stereocenters. The van der Waals surface area contributed by atoms with Crippen molar-refractivity contribution < 1.29 is 5.21 Å². The zero-order valence-corrected chi connectivity index (χ0v) is 10.6. The van der Waals surface area contributed by atoms with Crippen molar-refractivity contribution in [2.75, 3.05) is 0 Å². The Hall–Kier alpha value is -2.30. The smallest absolute Gasteiger partial charge is 0.173 e. The molecule has 3 N–H and O–H groups in total. The van der Waals surface area contributed by atoms with Crippen LogP contribution in [0, 0.1) is 0 Å². The van der Waals surface area contributed by atoms with Crippen molar-refractivity contribution >= 4 is 5.84 Å². The number of rotatable bonds is 2. The van der Waals surface area contributed by atoms with Crippen LogP contribution in [0.2, 0.25) is 0 Å². The molecule has 0 radical (unpaired) electrons. The molecule has 96 valence electrons. The Labute approximate surface area is 107 Å². The molecule has 0 saturated heterocycles. The minimum absolute atomic E-state index is 0.0769. The van der Waals surface area contributed by atoms with Gasteiger partial charge in [-0.05, 0) is 12.0 Å². The Morgan fingerprint density at radius 1 is 1.39 bits per heavy atom. The summed E-state index contributed by atoms with van der Waals surface area (Å²) in [4.78, 5) is 0. The lowest BCUT2D eigenvalue weighted by Crippen LogP contribution is -2.11. The first-order chi connectivity index (χ1) is 8.67. The molecule has 0 aliphatic heterocycles. The number of aryl methyl sites for hydroxylation is 2. The maximum absolute atomic E-state index is 8.22. The van der Waals surface area contributed by atoms with Crippen molar-refractivity contribution in [1.82, 2.24) is 9.78 Å². The number of aromatic nitrogens is 2. The SMILES string of the molecule is CCc1ccccc1.Cn1cc(/C(N)=N\O)cn1. The van der Waals surface area contributed by atoms with Gasteiger partial charge in [0.25, 0.3) is 0 Å². The Bertz CT molecular complexity index is 491. The third kappa shape index (κ3) is 4.29. The first kappa shape index (κ1) is 13.8. The summed E-state index contributed by atoms with van der Waals surface area (Å²) < 4.78 is 1.58. The molecule has 0 fully saturated rings. The fourth-order valence-electron chi connectivity index (χ4n) is 1.32. The van der Waals surface area contributed by atoms with E-state index < -0.39 is 0 Å². The van der Waals surface area contributed by atoms with E-state index in [1.165, 1.54) is 11.8 Å². The number of hydrogen-bond acceptors (Lipinski definition) is 3. The second-order valence-electron chi connectivity index (χ2n) is 3.73. The number of hydrogen-bond donors (Lipinski definition) is 2. The van der Waals surface area contributed by atoms with E-state index in [1.54, 1.807) is 17.9 Å². The van der Waals surface area contributed by atoms with Gasteiger partial charge >= 0.3 is 0 Å². The molecular formula is C13H18N4O. The van der Waals surface area contributed by atoms with E-state index in [0.29, 0.717) is 5.56 Å². The predicted octanol–water partition coefficient (Wildman–Crippen LogP) is 1.76. The van der Waals surface area contributed by atoms with E-state index in [0.717, 1.165) is 6.42 Å². The molecule has 5 nitrogen and oxygen atoms in total. The van der Waals surface area contributed by atoms with E-state index in [9.17, 15) is 0 Å². The van der Waals surface area contributed by atoms with Crippen LogP contribution < -0.4 is 5.73 Å². The quantitative estimate of drug-likeness (QED) is 0.367. The van der Waals surface area contributed by atoms with E-state index in [1.807, 2.05) is 6.07 Å². The highest BCUT2D eigenvalue weighted by Crippen LogP contribution is 1.96. The van der Waals surface area contributed by atoms with Gasteiger partial charge in [-0.25, -0.2) is 0 Å². The Kier molecular flexibility index (Phi) is 5.44. The fourth-order valence-corrected chi connectivity index (χ4v) is 1.32. The lowest BCUT2D eigenvalue weighted by atomic mass is 10.2. The van der Waals surface area contributed by atoms with Crippen LogP contribution in [0.5, 0.6) is 0 Å². The zero-order valence-electron chi connectivity index (χ0n) is 10.6. The molecule has 0 bridgehead atoms. The molecule has 0 amide bonds. The van der Waals surface area contributed by atoms with Gasteiger partial charge in [0.15, 0.2) is 5.84 Å². The molecule has 5 heteroatoms. The molecule has 1 aromatic carbocycles. The van der Waals surface area contributed by atoms with Gasteiger partial charge in [0, 0.05) is 13.2 Å². The van der Waals surface area contributed by atoms with Crippen LogP contribution in [-0.2, 0) is 13.5 Å². The van der Waals surface area contributed by atoms with Gasteiger partial charge in [0.1, 0.15) is 0 Å². The standard InChI is InChI=1S/C8H10.C5H8N4O/c1-2-8-6-4-3-5-7-8;1-9-3-4(2-7-9)5(6)8-10/h3-7H,2H2,1H3;2-3,10H,1H3,(H2,6,8). The minimum atomic E-state index is 0.0769. The van der Waals surface area contributed by atoms with Gasteiger partial charge in [-0.2, -0.15) is 5.10 Å². The number of amidine groups is 1. The normalized spacial score (nSPS) is 10.7. The second-order valence-corrected chi connectivity index (χ2v) is 3.73. The second kappa shape index (κ2) is 7.11. The predicted molar refractivity (Wildman–Crippen MR) is 71.5 cm³/mol. The van der Waals surface area contributed by atoms with E-state index in [2.05, 4.69) is 41.4 Å². The van der Waals surface area contributed by atoms with Gasteiger partial charge in [-0.15, -0.1) is 0 Å². The zero-order chi connectivity index (χ0) is 13.4. The monoisotopic (exact) mass is 246 g/mol. The van der Waals surface area contributed by atoms with Crippen LogP contribution in [0.25, 0.3) is 0 Å². The van der Waals surface area contributed by atoms with E-state index in [4.69, 9.17) is 10.9 Å². The summed E-state index contributed by atoms with van der Waals surface area (Å²) in [5, 5.41) is 14.9. The van der Waals surface area contributed by atoms with Crippen LogP contribution in [0.3, 0.4) is 0 Å². The van der Waals surface area contributed by atoms with Crippen molar-refractivity contribution in [2.24, 2.45) is 17.9 Å². The van der Waals surface area contributed by atoms with Crippen LogP contribution in [-0.4, -0.2) is 20.8 Å². The molecule has 0 spiro atoms. The molecule has 0 aliphatic carbocycles. The highest BCUT2D eigenvalue weighted by Gasteiger charge is 1.99. The van der Waals surface area contributed by atoms with Gasteiger partial charge in [-0.1, -0.05) is 42.4 Å². The van der Waals surface area contributed by atoms with Gasteiger partial charge < -0.3 is 10.9 Å². The maximum atomic E-state index is 8.22. The lowest BCUT2D eigenvalue weighted by molar-refractivity contribution is 0.318. The van der Waals surface area contributed by atoms with E-state index >= 15 is 0 Å². The van der Waals surface area contributed by atoms with E-state index in [-0.39, 0.29) is 5.84 Å². The summed E-state index contributed by atoms with van der Waals surface area (Å²) in [5.41, 5.74) is 7.28. The Balaban J connectivity index is 0.000000184. The first-order valence-corrected chi connectivity index (χ1v) is 5.67. The Morgan fingerprint density at radius 2 is 2.06 bits per heavy atom. The third-order valence-corrected chi connectivity index (χ3v) is 2.36. The molecule has 1 aromatic heterocycles. The summed E-state index contributed by atoms with van der Waals surface area (Å²) in [6.07, 6.45) is 4.32. The molecule has 18 heavy (non-hydrogen) atoms. The average Bonchev–Trinajstić information content (AvgIpc) is 2.86. The molecule has 1 heterocycles. The third-order valence-electron chi connectivity index (χ3n) is 2.36. The summed E-state index contributed by atoms with van der Waals surface area (Å²) in [6, 6.07) is 10.5. The number of nitrogens with two attached hydrogens (primary N) is 1. The fraction of sp³-hybridized carbons (Fsp3) is 0.231. The molecular weight excluding hydrogens is 228 g/mol. The number of nitrogens with zero attached hydrogens (tertiary/aromatic N) is 3. The number of benzene rings is 1. The maximum Gasteiger partial charge on any atom is 0.173 e. The molecule has 0 saturated carbocycles. The van der Waals surface area contributed by atoms with Crippen LogP contribution >= 0.6 is 0 Å². The van der Waals surface area contributed by atoms with Crippen LogP contribution in [0.4, 0.5) is 0 Å². The topological polar surface area (TPSA) is 76.4 Å². The van der Waals surface area contributed by atoms with Gasteiger partial charge in [0.05, 0.1) is 11.8 Å². The van der Waals surface area contributed by atoms with Crippen molar-refractivity contribution in [3.8, 4) is 0 Å². The van der Waals surface area contributed by atoms with Crippen molar-refractivity contribution in [1.29, 1.82) is 0 Å². The Morgan fingerprint density at radius 3 is 2.44 bits per heavy atom. The highest BCUT2D eigenvalue weighted by atomic mass is 16.4. The summed E-state index contributed by atoms with van der Waals surface area (Å²) in [7, 11) is 1.76. The first-order valence-electron chi connectivity index (χ1n) is 5.67. The molecule has 2 aromatic rings. The van der Waals surface area contributed by atoms with Crippen LogP contribution in [0.1, 0.15) is 18.1 Å². The summed E-state index contributed by atoms with van der Waals surface area (Å²) in [5.74, 6) is 0.0769. The summed E-state index contributed by atoms with van der Waals surface area (Å²) in [6.45, 7) is 2.16. The van der Waals surface area contributed by atoms with Crippen molar-refractivity contribution in [2.45, 2.75) is 13.3 Å². The number of oxime groups is 1. The van der Waals surface area contributed by atoms with Crippen LogP contribution in [0.15, 0.2) is 47.9 Å². The van der Waals surface area contributed by atoms with Crippen molar-refractivity contribution in [3.05, 3.63) is 53.9 Å². The largest absolute Gasteiger partial charge is 0.409 e. The highest BCUT2D eigenvalue weighted by molar-refractivity contribution is 5.96. The molecule has 0 atom stereocenters. The van der Waals surface area contributed by atoms with Gasteiger partial charge in [0.2, 0.25) is 0 Å². The molecule has 0 aliphatic rings. The minimum Gasteiger partial charge on any atom is -0.409 e. The summed E-state index contributed by atoms with van der Waals surface area (Å²) >= 11 is 0. The lowest BCUT2D eigenvalue weighted by Gasteiger charge is -1.89. The van der Waals surface area contributed by atoms with Gasteiger partial charge in [-0.3, -0.25) is 4.68 Å². The average molecular weight is 246 g/mol. The molecule has 2 rings (SSSR count).